The van der Waals surface area contributed by atoms with Crippen molar-refractivity contribution in [2.24, 2.45) is 12.0 Å². The van der Waals surface area contributed by atoms with E-state index in [2.05, 4.69) is 36.1 Å². The van der Waals surface area contributed by atoms with Crippen LogP contribution in [0.5, 0.6) is 0 Å². The first-order valence-electron chi connectivity index (χ1n) is 7.85. The Morgan fingerprint density at radius 2 is 2.00 bits per heavy atom. The zero-order chi connectivity index (χ0) is 16.1. The van der Waals surface area contributed by atoms with Gasteiger partial charge in [-0.15, -0.1) is 0 Å². The Balaban J connectivity index is 1.54. The molecule has 0 radical (unpaired) electrons. The molecule has 1 N–H and O–H groups in total. The van der Waals surface area contributed by atoms with E-state index in [1.807, 2.05) is 49.4 Å². The zero-order valence-corrected chi connectivity index (χ0v) is 13.7. The van der Waals surface area contributed by atoms with Crippen LogP contribution in [-0.2, 0) is 13.6 Å². The molecule has 0 spiro atoms. The standard InChI is InChI=1S/C16H23N7/c1-17-16(20-13-15-19-7-8-21(15)2)23-11-9-22(10-12-23)14-5-3-4-6-18-14/h3-8H,9-13H2,1-2H3,(H,17,20). The highest BCUT2D eigenvalue weighted by atomic mass is 15.4. The number of nitrogens with one attached hydrogen (secondary N) is 1. The van der Waals surface area contributed by atoms with Gasteiger partial charge in [0.05, 0.1) is 6.54 Å². The number of guanidine groups is 1. The Morgan fingerprint density at radius 1 is 1.17 bits per heavy atom. The summed E-state index contributed by atoms with van der Waals surface area (Å²) in [4.78, 5) is 17.7. The Hall–Kier alpha value is -2.57. The fourth-order valence-electron chi connectivity index (χ4n) is 2.75. The van der Waals surface area contributed by atoms with Crippen LogP contribution in [0.3, 0.4) is 0 Å². The summed E-state index contributed by atoms with van der Waals surface area (Å²) < 4.78 is 2.01. The summed E-state index contributed by atoms with van der Waals surface area (Å²) in [5, 5.41) is 3.40. The minimum atomic E-state index is 0.677. The summed E-state index contributed by atoms with van der Waals surface area (Å²) in [6.07, 6.45) is 5.60. The molecule has 0 bridgehead atoms. The van der Waals surface area contributed by atoms with E-state index in [-0.39, 0.29) is 0 Å². The minimum absolute atomic E-state index is 0.677. The maximum Gasteiger partial charge on any atom is 0.194 e. The zero-order valence-electron chi connectivity index (χ0n) is 13.7. The van der Waals surface area contributed by atoms with Gasteiger partial charge < -0.3 is 19.7 Å². The lowest BCUT2D eigenvalue weighted by atomic mass is 10.3. The lowest BCUT2D eigenvalue weighted by Crippen LogP contribution is -2.52. The van der Waals surface area contributed by atoms with Crippen LogP contribution in [0.15, 0.2) is 41.8 Å². The maximum atomic E-state index is 4.42. The average molecular weight is 313 g/mol. The predicted molar refractivity (Wildman–Crippen MR) is 91.4 cm³/mol. The Kier molecular flexibility index (Phi) is 4.75. The Morgan fingerprint density at radius 3 is 2.61 bits per heavy atom. The van der Waals surface area contributed by atoms with Gasteiger partial charge in [-0.1, -0.05) is 6.07 Å². The van der Waals surface area contributed by atoms with Crippen molar-refractivity contribution < 1.29 is 0 Å². The third kappa shape index (κ3) is 3.61. The van der Waals surface area contributed by atoms with Gasteiger partial charge in [0, 0.05) is 58.9 Å². The Bertz CT molecular complexity index is 641. The van der Waals surface area contributed by atoms with Crippen molar-refractivity contribution in [3.8, 4) is 0 Å². The number of aryl methyl sites for hydroxylation is 1. The lowest BCUT2D eigenvalue weighted by Gasteiger charge is -2.37. The maximum absolute atomic E-state index is 4.42. The van der Waals surface area contributed by atoms with Crippen LogP contribution < -0.4 is 10.2 Å². The summed E-state index contributed by atoms with van der Waals surface area (Å²) in [7, 11) is 3.82. The molecule has 0 atom stereocenters. The van der Waals surface area contributed by atoms with Crippen LogP contribution in [0.2, 0.25) is 0 Å². The summed E-state index contributed by atoms with van der Waals surface area (Å²) in [5.74, 6) is 2.97. The van der Waals surface area contributed by atoms with Gasteiger partial charge in [-0.2, -0.15) is 0 Å². The Labute approximate surface area is 136 Å². The molecule has 7 heteroatoms. The second-order valence-corrected chi connectivity index (χ2v) is 5.52. The molecule has 23 heavy (non-hydrogen) atoms. The molecule has 0 aromatic carbocycles. The first kappa shape index (κ1) is 15.3. The molecule has 122 valence electrons. The van der Waals surface area contributed by atoms with Gasteiger partial charge in [0.1, 0.15) is 11.6 Å². The van der Waals surface area contributed by atoms with E-state index in [0.717, 1.165) is 43.8 Å². The van der Waals surface area contributed by atoms with Crippen LogP contribution >= 0.6 is 0 Å². The third-order valence-electron chi connectivity index (χ3n) is 4.09. The molecule has 3 heterocycles. The van der Waals surface area contributed by atoms with Crippen LogP contribution in [0.1, 0.15) is 5.82 Å². The van der Waals surface area contributed by atoms with E-state index in [4.69, 9.17) is 0 Å². The van der Waals surface area contributed by atoms with Crippen LogP contribution in [-0.4, -0.2) is 58.6 Å². The number of piperazine rings is 1. The van der Waals surface area contributed by atoms with Gasteiger partial charge in [0.25, 0.3) is 0 Å². The second-order valence-electron chi connectivity index (χ2n) is 5.52. The molecule has 1 fully saturated rings. The van der Waals surface area contributed by atoms with Gasteiger partial charge in [-0.05, 0) is 12.1 Å². The molecule has 0 amide bonds. The van der Waals surface area contributed by atoms with Crippen molar-refractivity contribution in [2.75, 3.05) is 38.1 Å². The fraction of sp³-hybridized carbons (Fsp3) is 0.438. The molecule has 0 saturated carbocycles. The molecular formula is C16H23N7. The van der Waals surface area contributed by atoms with Gasteiger partial charge in [0.15, 0.2) is 5.96 Å². The van der Waals surface area contributed by atoms with Crippen molar-refractivity contribution in [1.29, 1.82) is 0 Å². The number of hydrogen-bond acceptors (Lipinski definition) is 4. The van der Waals surface area contributed by atoms with E-state index in [1.54, 1.807) is 0 Å². The number of aliphatic imine (C=N–C) groups is 1. The van der Waals surface area contributed by atoms with Crippen LogP contribution in [0.4, 0.5) is 5.82 Å². The number of rotatable bonds is 3. The number of hydrogen-bond donors (Lipinski definition) is 1. The summed E-state index contributed by atoms with van der Waals surface area (Å²) in [5.41, 5.74) is 0. The van der Waals surface area contributed by atoms with E-state index < -0.39 is 0 Å². The molecule has 3 rings (SSSR count). The number of imidazole rings is 1. The number of pyridine rings is 1. The quantitative estimate of drug-likeness (QED) is 0.668. The first-order chi connectivity index (χ1) is 11.3. The van der Waals surface area contributed by atoms with Crippen LogP contribution in [0, 0.1) is 0 Å². The van der Waals surface area contributed by atoms with Crippen LogP contribution in [0.25, 0.3) is 0 Å². The highest BCUT2D eigenvalue weighted by Crippen LogP contribution is 2.12. The minimum Gasteiger partial charge on any atom is -0.353 e. The molecule has 0 aliphatic carbocycles. The summed E-state index contributed by atoms with van der Waals surface area (Å²) >= 11 is 0. The van der Waals surface area contributed by atoms with Gasteiger partial charge in [0.2, 0.25) is 0 Å². The third-order valence-corrected chi connectivity index (χ3v) is 4.09. The average Bonchev–Trinajstić information content (AvgIpc) is 3.02. The highest BCUT2D eigenvalue weighted by molar-refractivity contribution is 5.80. The SMILES string of the molecule is CN=C(NCc1nccn1C)N1CCN(c2ccccn2)CC1. The van der Waals surface area contributed by atoms with Gasteiger partial charge in [-0.25, -0.2) is 9.97 Å². The summed E-state index contributed by atoms with van der Waals surface area (Å²) in [6.45, 7) is 4.42. The fourth-order valence-corrected chi connectivity index (χ4v) is 2.75. The van der Waals surface area contributed by atoms with Crippen molar-refractivity contribution >= 4 is 11.8 Å². The number of anilines is 1. The normalized spacial score (nSPS) is 15.8. The lowest BCUT2D eigenvalue weighted by molar-refractivity contribution is 0.370. The largest absolute Gasteiger partial charge is 0.353 e. The molecule has 1 aliphatic heterocycles. The molecular weight excluding hydrogens is 290 g/mol. The second kappa shape index (κ2) is 7.13. The van der Waals surface area contributed by atoms with E-state index >= 15 is 0 Å². The van der Waals surface area contributed by atoms with E-state index in [0.29, 0.717) is 6.54 Å². The van der Waals surface area contributed by atoms with E-state index in [1.165, 1.54) is 0 Å². The monoisotopic (exact) mass is 313 g/mol. The molecule has 7 nitrogen and oxygen atoms in total. The number of aromatic nitrogens is 3. The topological polar surface area (TPSA) is 61.6 Å². The van der Waals surface area contributed by atoms with Gasteiger partial charge in [-0.3, -0.25) is 4.99 Å². The molecule has 0 unspecified atom stereocenters. The molecule has 1 saturated heterocycles. The van der Waals surface area contributed by atoms with Crippen molar-refractivity contribution in [2.45, 2.75) is 6.54 Å². The molecule has 1 aliphatic rings. The first-order valence-corrected chi connectivity index (χ1v) is 7.85. The predicted octanol–water partition coefficient (Wildman–Crippen LogP) is 0.713. The summed E-state index contributed by atoms with van der Waals surface area (Å²) in [6, 6.07) is 6.04. The van der Waals surface area contributed by atoms with Crippen molar-refractivity contribution in [3.63, 3.8) is 0 Å². The van der Waals surface area contributed by atoms with Crippen molar-refractivity contribution in [3.05, 3.63) is 42.6 Å². The van der Waals surface area contributed by atoms with E-state index in [9.17, 15) is 0 Å². The van der Waals surface area contributed by atoms with Crippen molar-refractivity contribution in [1.82, 2.24) is 24.8 Å². The number of nitrogens with zero attached hydrogens (tertiary/aromatic N) is 6. The molecule has 2 aromatic heterocycles. The van der Waals surface area contributed by atoms with Gasteiger partial charge >= 0.3 is 0 Å². The molecule has 2 aromatic rings. The smallest absolute Gasteiger partial charge is 0.194 e. The highest BCUT2D eigenvalue weighted by Gasteiger charge is 2.20.